The van der Waals surface area contributed by atoms with Crippen LogP contribution in [0, 0.1) is 0 Å². The number of carbonyl (C=O) groups is 1. The van der Waals surface area contributed by atoms with Gasteiger partial charge < -0.3 is 5.32 Å². The monoisotopic (exact) mass is 387 g/mol. The van der Waals surface area contributed by atoms with Crippen LogP contribution in [0.5, 0.6) is 0 Å². The molecular weight excluding hydrogens is 366 g/mol. The van der Waals surface area contributed by atoms with Crippen molar-refractivity contribution in [3.63, 3.8) is 0 Å². The number of amides is 1. The van der Waals surface area contributed by atoms with Crippen molar-refractivity contribution >= 4 is 17.2 Å². The Kier molecular flexibility index (Phi) is 5.35. The second kappa shape index (κ2) is 8.23. The zero-order valence-electron chi connectivity index (χ0n) is 15.6. The summed E-state index contributed by atoms with van der Waals surface area (Å²) in [5.41, 5.74) is 3.64. The van der Waals surface area contributed by atoms with Gasteiger partial charge in [-0.25, -0.2) is 0 Å². The van der Waals surface area contributed by atoms with E-state index in [1.54, 1.807) is 23.1 Å². The average Bonchev–Trinajstić information content (AvgIpc) is 3.38. The highest BCUT2D eigenvalue weighted by molar-refractivity contribution is 7.13. The first-order valence-electron chi connectivity index (χ1n) is 9.18. The average molecular weight is 388 g/mol. The smallest absolute Gasteiger partial charge is 0.270 e. The number of aryl methyl sites for hydroxylation is 1. The normalized spacial score (nSPS) is 11.9. The van der Waals surface area contributed by atoms with Crippen molar-refractivity contribution in [2.24, 2.45) is 7.05 Å². The third-order valence-corrected chi connectivity index (χ3v) is 5.57. The van der Waals surface area contributed by atoms with Gasteiger partial charge in [0.2, 0.25) is 0 Å². The summed E-state index contributed by atoms with van der Waals surface area (Å²) in [6, 6.07) is 26.0. The van der Waals surface area contributed by atoms with E-state index in [0.717, 1.165) is 22.6 Å². The highest BCUT2D eigenvalue weighted by atomic mass is 32.1. The molecule has 4 aromatic rings. The van der Waals surface area contributed by atoms with E-state index in [2.05, 4.69) is 22.5 Å². The van der Waals surface area contributed by atoms with Crippen LogP contribution in [-0.4, -0.2) is 15.7 Å². The summed E-state index contributed by atoms with van der Waals surface area (Å²) >= 11 is 1.61. The summed E-state index contributed by atoms with van der Waals surface area (Å²) in [6.07, 6.45) is 0.728. The number of nitrogens with zero attached hydrogens (tertiary/aromatic N) is 2. The van der Waals surface area contributed by atoms with Gasteiger partial charge in [0.05, 0.1) is 10.9 Å². The molecule has 0 fully saturated rings. The molecule has 0 aliphatic heterocycles. The summed E-state index contributed by atoms with van der Waals surface area (Å²) in [5, 5.41) is 9.71. The Hall–Kier alpha value is -3.18. The van der Waals surface area contributed by atoms with Crippen molar-refractivity contribution in [1.82, 2.24) is 15.1 Å². The first kappa shape index (κ1) is 18.2. The molecule has 140 valence electrons. The number of carbonyl (C=O) groups excluding carboxylic acids is 1. The lowest BCUT2D eigenvalue weighted by Crippen LogP contribution is -2.31. The van der Waals surface area contributed by atoms with E-state index in [4.69, 9.17) is 0 Å². The summed E-state index contributed by atoms with van der Waals surface area (Å²) in [4.78, 5) is 14.1. The van der Waals surface area contributed by atoms with Crippen molar-refractivity contribution in [1.29, 1.82) is 0 Å². The fraction of sp³-hybridized carbons (Fsp3) is 0.130. The highest BCUT2D eigenvalue weighted by Gasteiger charge is 2.20. The molecule has 0 saturated carbocycles. The van der Waals surface area contributed by atoms with Crippen LogP contribution >= 0.6 is 11.3 Å². The topological polar surface area (TPSA) is 46.9 Å². The second-order valence-electron chi connectivity index (χ2n) is 6.64. The molecule has 0 saturated heterocycles. The molecule has 4 rings (SSSR count). The van der Waals surface area contributed by atoms with Gasteiger partial charge in [0.25, 0.3) is 5.91 Å². The molecule has 5 heteroatoms. The summed E-state index contributed by atoms with van der Waals surface area (Å²) < 4.78 is 1.65. The lowest BCUT2D eigenvalue weighted by atomic mass is 9.98. The van der Waals surface area contributed by atoms with E-state index < -0.39 is 0 Å². The first-order valence-corrected chi connectivity index (χ1v) is 10.1. The Morgan fingerprint density at radius 2 is 1.75 bits per heavy atom. The van der Waals surface area contributed by atoms with Crippen LogP contribution in [0.4, 0.5) is 0 Å². The summed E-state index contributed by atoms with van der Waals surface area (Å²) in [7, 11) is 1.81. The number of hydrogen-bond donors (Lipinski definition) is 1. The summed E-state index contributed by atoms with van der Waals surface area (Å²) in [6.45, 7) is 0. The van der Waals surface area contributed by atoms with Crippen molar-refractivity contribution in [3.8, 4) is 10.6 Å². The van der Waals surface area contributed by atoms with Gasteiger partial charge in [-0.05, 0) is 35.1 Å². The molecule has 0 bridgehead atoms. The van der Waals surface area contributed by atoms with Gasteiger partial charge >= 0.3 is 0 Å². The molecule has 2 heterocycles. The van der Waals surface area contributed by atoms with E-state index in [0.29, 0.717) is 5.69 Å². The lowest BCUT2D eigenvalue weighted by molar-refractivity contribution is 0.0927. The quantitative estimate of drug-likeness (QED) is 0.513. The first-order chi connectivity index (χ1) is 13.7. The Bertz CT molecular complexity index is 1040. The molecule has 0 spiro atoms. The third-order valence-electron chi connectivity index (χ3n) is 4.68. The van der Waals surface area contributed by atoms with Gasteiger partial charge in [0.1, 0.15) is 11.4 Å². The van der Waals surface area contributed by atoms with E-state index in [1.807, 2.05) is 72.1 Å². The molecule has 0 aliphatic carbocycles. The molecule has 1 N–H and O–H groups in total. The van der Waals surface area contributed by atoms with E-state index in [9.17, 15) is 4.79 Å². The largest absolute Gasteiger partial charge is 0.344 e. The predicted octanol–water partition coefficient (Wildman–Crippen LogP) is 4.86. The van der Waals surface area contributed by atoms with Crippen LogP contribution in [0.15, 0.2) is 84.2 Å². The maximum Gasteiger partial charge on any atom is 0.270 e. The van der Waals surface area contributed by atoms with Gasteiger partial charge in [-0.2, -0.15) is 5.10 Å². The van der Waals surface area contributed by atoms with Crippen LogP contribution in [-0.2, 0) is 13.5 Å². The van der Waals surface area contributed by atoms with Gasteiger partial charge in [0, 0.05) is 7.05 Å². The Morgan fingerprint density at radius 1 is 1.04 bits per heavy atom. The molecular formula is C23H21N3OS. The number of rotatable bonds is 6. The van der Waals surface area contributed by atoms with Crippen LogP contribution < -0.4 is 5.32 Å². The van der Waals surface area contributed by atoms with E-state index >= 15 is 0 Å². The van der Waals surface area contributed by atoms with Gasteiger partial charge in [-0.1, -0.05) is 66.7 Å². The Morgan fingerprint density at radius 3 is 2.43 bits per heavy atom. The van der Waals surface area contributed by atoms with Crippen LogP contribution in [0.3, 0.4) is 0 Å². The van der Waals surface area contributed by atoms with Crippen LogP contribution in [0.1, 0.15) is 27.7 Å². The van der Waals surface area contributed by atoms with Gasteiger partial charge in [-0.3, -0.25) is 9.48 Å². The molecule has 1 amide bonds. The number of thiophene rings is 1. The van der Waals surface area contributed by atoms with Crippen molar-refractivity contribution in [3.05, 3.63) is 101 Å². The zero-order valence-corrected chi connectivity index (χ0v) is 16.4. The summed E-state index contributed by atoms with van der Waals surface area (Å²) in [5.74, 6) is -0.123. The minimum Gasteiger partial charge on any atom is -0.344 e. The van der Waals surface area contributed by atoms with Crippen LogP contribution in [0.2, 0.25) is 0 Å². The van der Waals surface area contributed by atoms with Crippen molar-refractivity contribution < 1.29 is 4.79 Å². The molecule has 1 atom stereocenters. The number of aromatic nitrogens is 2. The fourth-order valence-corrected chi connectivity index (χ4v) is 3.93. The maximum atomic E-state index is 13.1. The minimum absolute atomic E-state index is 0.115. The van der Waals surface area contributed by atoms with E-state index in [1.165, 1.54) is 5.56 Å². The minimum atomic E-state index is -0.123. The molecule has 1 unspecified atom stereocenters. The van der Waals surface area contributed by atoms with E-state index in [-0.39, 0.29) is 11.9 Å². The van der Waals surface area contributed by atoms with Crippen LogP contribution in [0.25, 0.3) is 10.6 Å². The number of benzene rings is 2. The molecule has 2 aromatic heterocycles. The molecule has 2 aromatic carbocycles. The Labute approximate surface area is 168 Å². The zero-order chi connectivity index (χ0) is 19.3. The predicted molar refractivity (Wildman–Crippen MR) is 113 cm³/mol. The molecule has 0 radical (unpaired) electrons. The maximum absolute atomic E-state index is 13.1. The lowest BCUT2D eigenvalue weighted by Gasteiger charge is -2.19. The molecule has 28 heavy (non-hydrogen) atoms. The highest BCUT2D eigenvalue weighted by Crippen LogP contribution is 2.24. The molecule has 4 nitrogen and oxygen atoms in total. The second-order valence-corrected chi connectivity index (χ2v) is 7.59. The fourth-order valence-electron chi connectivity index (χ4n) is 3.24. The van der Waals surface area contributed by atoms with Gasteiger partial charge in [-0.15, -0.1) is 11.3 Å². The number of nitrogens with one attached hydrogen (secondary N) is 1. The number of hydrogen-bond acceptors (Lipinski definition) is 3. The Balaban J connectivity index is 1.59. The standard InChI is InChI=1S/C23H21N3OS/c1-26-21(16-20(25-26)22-13-8-14-28-22)23(27)24-19(18-11-6-3-7-12-18)15-17-9-4-2-5-10-17/h2-14,16,19H,15H2,1H3,(H,24,27). The van der Waals surface area contributed by atoms with Crippen molar-refractivity contribution in [2.45, 2.75) is 12.5 Å². The third kappa shape index (κ3) is 4.05. The molecule has 0 aliphatic rings. The van der Waals surface area contributed by atoms with Gasteiger partial charge in [0.15, 0.2) is 0 Å². The SMILES string of the molecule is Cn1nc(-c2cccs2)cc1C(=O)NC(Cc1ccccc1)c1ccccc1. The van der Waals surface area contributed by atoms with Crippen molar-refractivity contribution in [2.75, 3.05) is 0 Å².